The monoisotopic (exact) mass is 303 g/mol. The van der Waals surface area contributed by atoms with Gasteiger partial charge < -0.3 is 24.6 Å². The van der Waals surface area contributed by atoms with Gasteiger partial charge in [-0.05, 0) is 6.07 Å². The van der Waals surface area contributed by atoms with Crippen LogP contribution in [0.25, 0.3) is 11.0 Å². The van der Waals surface area contributed by atoms with Gasteiger partial charge in [0.05, 0.1) is 5.39 Å². The van der Waals surface area contributed by atoms with Gasteiger partial charge >= 0.3 is 0 Å². The van der Waals surface area contributed by atoms with Crippen molar-refractivity contribution in [2.45, 2.75) is 24.3 Å². The van der Waals surface area contributed by atoms with Gasteiger partial charge in [0, 0.05) is 6.20 Å². The largest absolute Gasteiger partial charge is 0.390 e. The topological polar surface area (TPSA) is 101 Å². The van der Waals surface area contributed by atoms with Crippen LogP contribution in [-0.4, -0.2) is 54.5 Å². The highest BCUT2D eigenvalue weighted by Crippen LogP contribution is 2.39. The standard InChI is InChI=1S/C11H11ClFN3O4/c12-8-5-1-2-16(9(5)15-4-14-8)10-6(18)7(19)11(13,3-17)20-10/h1-2,4,6-7,10,17-19H,3H2/t6-,7+,10-,11+/m1/s1. The zero-order valence-corrected chi connectivity index (χ0v) is 10.8. The first-order valence-corrected chi connectivity index (χ1v) is 6.16. The Morgan fingerprint density at radius 3 is 2.85 bits per heavy atom. The third-order valence-corrected chi connectivity index (χ3v) is 3.63. The molecule has 1 aliphatic rings. The third kappa shape index (κ3) is 1.80. The van der Waals surface area contributed by atoms with Gasteiger partial charge in [0.15, 0.2) is 6.23 Å². The molecular formula is C11H11ClFN3O4. The molecule has 0 saturated carbocycles. The highest BCUT2D eigenvalue weighted by molar-refractivity contribution is 6.33. The molecule has 0 amide bonds. The Bertz CT molecular complexity index is 654. The fraction of sp³-hybridized carbons (Fsp3) is 0.455. The number of aromatic nitrogens is 3. The number of aliphatic hydroxyl groups is 3. The highest BCUT2D eigenvalue weighted by Gasteiger charge is 2.55. The normalized spacial score (nSPS) is 34.0. The van der Waals surface area contributed by atoms with Crippen molar-refractivity contribution >= 4 is 22.6 Å². The molecule has 9 heteroatoms. The Kier molecular flexibility index (Phi) is 3.14. The van der Waals surface area contributed by atoms with E-state index in [1.54, 1.807) is 6.07 Å². The van der Waals surface area contributed by atoms with Crippen LogP contribution in [0.3, 0.4) is 0 Å². The van der Waals surface area contributed by atoms with E-state index in [0.717, 1.165) is 0 Å². The number of aliphatic hydroxyl groups excluding tert-OH is 3. The summed E-state index contributed by atoms with van der Waals surface area (Å²) in [6, 6.07) is 1.58. The molecule has 0 aliphatic carbocycles. The van der Waals surface area contributed by atoms with E-state index in [0.29, 0.717) is 11.0 Å². The summed E-state index contributed by atoms with van der Waals surface area (Å²) < 4.78 is 20.3. The minimum absolute atomic E-state index is 0.204. The van der Waals surface area contributed by atoms with Crippen molar-refractivity contribution in [3.63, 3.8) is 0 Å². The quantitative estimate of drug-likeness (QED) is 0.675. The first-order valence-electron chi connectivity index (χ1n) is 5.78. The summed E-state index contributed by atoms with van der Waals surface area (Å²) in [4.78, 5) is 7.79. The lowest BCUT2D eigenvalue weighted by atomic mass is 10.1. The molecule has 2 aromatic heterocycles. The second kappa shape index (κ2) is 4.61. The fourth-order valence-electron chi connectivity index (χ4n) is 2.25. The Labute approximate surface area is 117 Å². The minimum Gasteiger partial charge on any atom is -0.390 e. The van der Waals surface area contributed by atoms with Gasteiger partial charge in [-0.25, -0.2) is 14.4 Å². The molecule has 1 aliphatic heterocycles. The predicted octanol–water partition coefficient (Wildman–Crippen LogP) is -0.00660. The molecule has 1 saturated heterocycles. The van der Waals surface area contributed by atoms with Crippen molar-refractivity contribution < 1.29 is 24.4 Å². The molecule has 3 N–H and O–H groups in total. The summed E-state index contributed by atoms with van der Waals surface area (Å²) in [6.45, 7) is -1.07. The van der Waals surface area contributed by atoms with E-state index >= 15 is 0 Å². The van der Waals surface area contributed by atoms with Crippen LogP contribution >= 0.6 is 11.6 Å². The van der Waals surface area contributed by atoms with E-state index in [9.17, 15) is 14.6 Å². The van der Waals surface area contributed by atoms with Gasteiger partial charge in [0.25, 0.3) is 5.85 Å². The van der Waals surface area contributed by atoms with Crippen molar-refractivity contribution in [2.75, 3.05) is 6.61 Å². The SMILES string of the molecule is OC[C@]1(F)O[C@@H](n2ccc3c(Cl)ncnc32)[C@H](O)[C@@H]1O. The lowest BCUT2D eigenvalue weighted by Gasteiger charge is -2.19. The number of nitrogens with zero attached hydrogens (tertiary/aromatic N) is 3. The number of fused-ring (bicyclic) bond motifs is 1. The van der Waals surface area contributed by atoms with Crippen molar-refractivity contribution in [1.82, 2.24) is 14.5 Å². The fourth-order valence-corrected chi connectivity index (χ4v) is 2.44. The van der Waals surface area contributed by atoms with Crippen molar-refractivity contribution in [1.29, 1.82) is 0 Å². The first kappa shape index (κ1) is 13.7. The Morgan fingerprint density at radius 2 is 2.20 bits per heavy atom. The Balaban J connectivity index is 2.06. The molecule has 0 radical (unpaired) electrons. The van der Waals surface area contributed by atoms with Crippen LogP contribution in [0.2, 0.25) is 5.15 Å². The summed E-state index contributed by atoms with van der Waals surface area (Å²) in [5.74, 6) is -2.72. The lowest BCUT2D eigenvalue weighted by Crippen LogP contribution is -2.42. The van der Waals surface area contributed by atoms with Crippen molar-refractivity contribution in [3.05, 3.63) is 23.7 Å². The van der Waals surface area contributed by atoms with E-state index in [4.69, 9.17) is 21.4 Å². The second-order valence-corrected chi connectivity index (χ2v) is 4.87. The predicted molar refractivity (Wildman–Crippen MR) is 65.6 cm³/mol. The number of halogens is 2. The van der Waals surface area contributed by atoms with Crippen LogP contribution in [0, 0.1) is 0 Å². The van der Waals surface area contributed by atoms with Crippen LogP contribution in [0.5, 0.6) is 0 Å². The molecule has 0 spiro atoms. The van der Waals surface area contributed by atoms with Gasteiger partial charge in [-0.1, -0.05) is 11.6 Å². The Morgan fingerprint density at radius 1 is 1.45 bits per heavy atom. The van der Waals surface area contributed by atoms with E-state index in [1.165, 1.54) is 17.1 Å². The van der Waals surface area contributed by atoms with Crippen LogP contribution in [0.4, 0.5) is 4.39 Å². The molecule has 2 aromatic rings. The maximum absolute atomic E-state index is 14.1. The number of ether oxygens (including phenoxy) is 1. The first-order chi connectivity index (χ1) is 9.48. The van der Waals surface area contributed by atoms with Crippen molar-refractivity contribution in [2.24, 2.45) is 0 Å². The third-order valence-electron chi connectivity index (χ3n) is 3.32. The summed E-state index contributed by atoms with van der Waals surface area (Å²) in [5.41, 5.74) is 0.323. The van der Waals surface area contributed by atoms with E-state index in [1.807, 2.05) is 0 Å². The molecule has 108 valence electrons. The Hall–Kier alpha value is -1.32. The molecule has 0 unspecified atom stereocenters. The van der Waals surface area contributed by atoms with Gasteiger partial charge in [0.1, 0.15) is 35.9 Å². The average molecular weight is 304 g/mol. The van der Waals surface area contributed by atoms with Crippen molar-refractivity contribution in [3.8, 4) is 0 Å². The maximum atomic E-state index is 14.1. The molecule has 4 atom stereocenters. The van der Waals surface area contributed by atoms with E-state index in [-0.39, 0.29) is 5.15 Å². The number of alkyl halides is 1. The summed E-state index contributed by atoms with van der Waals surface area (Å²) >= 11 is 5.89. The van der Waals surface area contributed by atoms with Gasteiger partial charge in [-0.2, -0.15) is 0 Å². The zero-order chi connectivity index (χ0) is 14.5. The highest BCUT2D eigenvalue weighted by atomic mass is 35.5. The molecule has 1 fully saturated rings. The molecule has 3 rings (SSSR count). The lowest BCUT2D eigenvalue weighted by molar-refractivity contribution is -0.206. The van der Waals surface area contributed by atoms with Crippen LogP contribution in [0.1, 0.15) is 6.23 Å². The summed E-state index contributed by atoms with van der Waals surface area (Å²) in [5, 5.41) is 29.2. The molecule has 20 heavy (non-hydrogen) atoms. The number of hydrogen-bond donors (Lipinski definition) is 3. The van der Waals surface area contributed by atoms with Gasteiger partial charge in [-0.3, -0.25) is 0 Å². The molecule has 7 nitrogen and oxygen atoms in total. The van der Waals surface area contributed by atoms with Crippen LogP contribution in [-0.2, 0) is 4.74 Å². The van der Waals surface area contributed by atoms with E-state index in [2.05, 4.69) is 9.97 Å². The number of rotatable bonds is 2. The van der Waals surface area contributed by atoms with Crippen LogP contribution in [0.15, 0.2) is 18.6 Å². The van der Waals surface area contributed by atoms with Gasteiger partial charge in [0.2, 0.25) is 0 Å². The number of hydrogen-bond acceptors (Lipinski definition) is 6. The van der Waals surface area contributed by atoms with Gasteiger partial charge in [-0.15, -0.1) is 0 Å². The smallest absolute Gasteiger partial charge is 0.263 e. The molecule has 0 bridgehead atoms. The average Bonchev–Trinajstić information content (AvgIpc) is 2.96. The molecule has 0 aromatic carbocycles. The maximum Gasteiger partial charge on any atom is 0.263 e. The summed E-state index contributed by atoms with van der Waals surface area (Å²) in [6.07, 6.45) is -1.96. The van der Waals surface area contributed by atoms with E-state index < -0.39 is 30.9 Å². The zero-order valence-electron chi connectivity index (χ0n) is 10.0. The second-order valence-electron chi connectivity index (χ2n) is 4.51. The molecular weight excluding hydrogens is 293 g/mol. The minimum atomic E-state index is -2.72. The van der Waals surface area contributed by atoms with Crippen LogP contribution < -0.4 is 0 Å². The summed E-state index contributed by atoms with van der Waals surface area (Å²) in [7, 11) is 0. The molecule has 3 heterocycles.